The van der Waals surface area contributed by atoms with Crippen LogP contribution in [0.5, 0.6) is 0 Å². The van der Waals surface area contributed by atoms with Crippen LogP contribution in [0.3, 0.4) is 0 Å². The zero-order valence-corrected chi connectivity index (χ0v) is 10.2. The van der Waals surface area contributed by atoms with E-state index < -0.39 is 0 Å². The van der Waals surface area contributed by atoms with E-state index in [1.807, 2.05) is 0 Å². The molecule has 1 atom stereocenters. The SMILES string of the molecule is COCC(Cl)CCNC(=O)c1cncn1C. The number of hydrogen-bond donors (Lipinski definition) is 1. The quantitative estimate of drug-likeness (QED) is 0.754. The summed E-state index contributed by atoms with van der Waals surface area (Å²) in [4.78, 5) is 15.5. The third-order valence-electron chi connectivity index (χ3n) is 2.14. The molecule has 1 N–H and O–H groups in total. The Kier molecular flexibility index (Phi) is 5.28. The van der Waals surface area contributed by atoms with Gasteiger partial charge in [0.1, 0.15) is 5.69 Å². The van der Waals surface area contributed by atoms with Crippen LogP contribution in [0.4, 0.5) is 0 Å². The standard InChI is InChI=1S/C10H16ClN3O2/c1-14-7-12-5-9(14)10(15)13-4-3-8(11)6-16-2/h5,7-8H,3-4,6H2,1-2H3,(H,13,15). The first-order valence-corrected chi connectivity index (χ1v) is 5.46. The Morgan fingerprint density at radius 1 is 1.75 bits per heavy atom. The molecule has 16 heavy (non-hydrogen) atoms. The van der Waals surface area contributed by atoms with E-state index in [0.29, 0.717) is 25.3 Å². The molecule has 0 bridgehead atoms. The van der Waals surface area contributed by atoms with Crippen molar-refractivity contribution in [1.82, 2.24) is 14.9 Å². The molecule has 0 spiro atoms. The predicted molar refractivity (Wildman–Crippen MR) is 61.7 cm³/mol. The highest BCUT2D eigenvalue weighted by molar-refractivity contribution is 6.20. The first-order valence-electron chi connectivity index (χ1n) is 5.02. The van der Waals surface area contributed by atoms with E-state index >= 15 is 0 Å². The largest absolute Gasteiger partial charge is 0.383 e. The number of imidazole rings is 1. The summed E-state index contributed by atoms with van der Waals surface area (Å²) in [5.74, 6) is -0.138. The van der Waals surface area contributed by atoms with Crippen LogP contribution in [0.1, 0.15) is 16.9 Å². The number of carbonyl (C=O) groups excluding carboxylic acids is 1. The van der Waals surface area contributed by atoms with Crippen LogP contribution in [-0.2, 0) is 11.8 Å². The van der Waals surface area contributed by atoms with Gasteiger partial charge in [0.15, 0.2) is 0 Å². The van der Waals surface area contributed by atoms with Gasteiger partial charge >= 0.3 is 0 Å². The molecule has 0 aliphatic rings. The topological polar surface area (TPSA) is 56.1 Å². The van der Waals surface area contributed by atoms with Crippen LogP contribution < -0.4 is 5.32 Å². The Labute approximate surface area is 99.8 Å². The molecule has 6 heteroatoms. The monoisotopic (exact) mass is 245 g/mol. The zero-order valence-electron chi connectivity index (χ0n) is 9.44. The van der Waals surface area contributed by atoms with Crippen molar-refractivity contribution in [3.63, 3.8) is 0 Å². The Balaban J connectivity index is 2.29. The lowest BCUT2D eigenvalue weighted by Crippen LogP contribution is -2.28. The van der Waals surface area contributed by atoms with Gasteiger partial charge in [-0.25, -0.2) is 4.98 Å². The summed E-state index contributed by atoms with van der Waals surface area (Å²) in [6.45, 7) is 1.02. The Bertz CT molecular complexity index is 341. The lowest BCUT2D eigenvalue weighted by Gasteiger charge is -2.09. The number of amides is 1. The number of alkyl halides is 1. The second-order valence-corrected chi connectivity index (χ2v) is 4.10. The molecule has 0 fully saturated rings. The third kappa shape index (κ3) is 3.83. The molecular formula is C10H16ClN3O2. The third-order valence-corrected chi connectivity index (χ3v) is 2.48. The maximum absolute atomic E-state index is 11.6. The predicted octanol–water partition coefficient (Wildman–Crippen LogP) is 0.794. The molecule has 1 aromatic rings. The lowest BCUT2D eigenvalue weighted by molar-refractivity contribution is 0.0943. The van der Waals surface area contributed by atoms with Crippen molar-refractivity contribution < 1.29 is 9.53 Å². The molecule has 1 aromatic heterocycles. The normalized spacial score (nSPS) is 12.4. The minimum Gasteiger partial charge on any atom is -0.383 e. The van der Waals surface area contributed by atoms with Crippen molar-refractivity contribution in [2.45, 2.75) is 11.8 Å². The summed E-state index contributed by atoms with van der Waals surface area (Å²) in [5, 5.41) is 2.70. The van der Waals surface area contributed by atoms with Crippen molar-refractivity contribution in [2.75, 3.05) is 20.3 Å². The maximum atomic E-state index is 11.6. The van der Waals surface area contributed by atoms with Crippen LogP contribution in [0.2, 0.25) is 0 Å². The molecule has 1 heterocycles. The van der Waals surface area contributed by atoms with E-state index in [9.17, 15) is 4.79 Å². The summed E-state index contributed by atoms with van der Waals surface area (Å²) in [5.41, 5.74) is 0.540. The summed E-state index contributed by atoms with van der Waals surface area (Å²) in [7, 11) is 3.38. The summed E-state index contributed by atoms with van der Waals surface area (Å²) < 4.78 is 6.56. The van der Waals surface area contributed by atoms with Crippen molar-refractivity contribution in [3.8, 4) is 0 Å². The number of aryl methyl sites for hydroxylation is 1. The molecule has 90 valence electrons. The Morgan fingerprint density at radius 2 is 2.50 bits per heavy atom. The number of nitrogens with zero attached hydrogens (tertiary/aromatic N) is 2. The molecule has 0 aromatic carbocycles. The fraction of sp³-hybridized carbons (Fsp3) is 0.600. The average molecular weight is 246 g/mol. The van der Waals surface area contributed by atoms with Gasteiger partial charge in [-0.2, -0.15) is 0 Å². The van der Waals surface area contributed by atoms with E-state index in [0.717, 1.165) is 0 Å². The van der Waals surface area contributed by atoms with Gasteiger partial charge in [0, 0.05) is 20.7 Å². The molecule has 0 aliphatic carbocycles. The molecule has 0 radical (unpaired) electrons. The fourth-order valence-electron chi connectivity index (χ4n) is 1.27. The number of ether oxygens (including phenoxy) is 1. The van der Waals surface area contributed by atoms with Crippen LogP contribution >= 0.6 is 11.6 Å². The number of rotatable bonds is 6. The van der Waals surface area contributed by atoms with E-state index in [4.69, 9.17) is 16.3 Å². The Hall–Kier alpha value is -1.07. The maximum Gasteiger partial charge on any atom is 0.269 e. The summed E-state index contributed by atoms with van der Waals surface area (Å²) >= 11 is 5.93. The second kappa shape index (κ2) is 6.50. The molecular weight excluding hydrogens is 230 g/mol. The van der Waals surface area contributed by atoms with Crippen LogP contribution in [0.25, 0.3) is 0 Å². The summed E-state index contributed by atoms with van der Waals surface area (Å²) in [6, 6.07) is 0. The van der Waals surface area contributed by atoms with Gasteiger partial charge in [0.2, 0.25) is 0 Å². The van der Waals surface area contributed by atoms with Gasteiger partial charge in [-0.1, -0.05) is 0 Å². The average Bonchev–Trinajstić information content (AvgIpc) is 2.64. The smallest absolute Gasteiger partial charge is 0.269 e. The van der Waals surface area contributed by atoms with E-state index in [-0.39, 0.29) is 11.3 Å². The molecule has 0 saturated heterocycles. The first kappa shape index (κ1) is 13.0. The highest BCUT2D eigenvalue weighted by Crippen LogP contribution is 2.01. The minimum absolute atomic E-state index is 0.0724. The van der Waals surface area contributed by atoms with Gasteiger partial charge in [-0.3, -0.25) is 4.79 Å². The van der Waals surface area contributed by atoms with Crippen molar-refractivity contribution in [3.05, 3.63) is 18.2 Å². The first-order chi connectivity index (χ1) is 7.65. The number of methoxy groups -OCH3 is 1. The minimum atomic E-state index is -0.138. The number of nitrogens with one attached hydrogen (secondary N) is 1. The zero-order chi connectivity index (χ0) is 12.0. The van der Waals surface area contributed by atoms with Gasteiger partial charge < -0.3 is 14.6 Å². The fourth-order valence-corrected chi connectivity index (χ4v) is 1.51. The molecule has 1 unspecified atom stereocenters. The number of halogens is 1. The number of aromatic nitrogens is 2. The van der Waals surface area contributed by atoms with Crippen LogP contribution in [-0.4, -0.2) is 41.1 Å². The number of hydrogen-bond acceptors (Lipinski definition) is 3. The highest BCUT2D eigenvalue weighted by Gasteiger charge is 2.10. The number of carbonyl (C=O) groups is 1. The molecule has 0 aliphatic heterocycles. The van der Waals surface area contributed by atoms with Gasteiger partial charge in [-0.05, 0) is 6.42 Å². The van der Waals surface area contributed by atoms with E-state index in [1.165, 1.54) is 6.20 Å². The molecule has 1 rings (SSSR count). The molecule has 0 saturated carbocycles. The van der Waals surface area contributed by atoms with Crippen molar-refractivity contribution >= 4 is 17.5 Å². The molecule has 1 amide bonds. The van der Waals surface area contributed by atoms with Gasteiger partial charge in [-0.15, -0.1) is 11.6 Å². The summed E-state index contributed by atoms with van der Waals surface area (Å²) in [6.07, 6.45) is 3.80. The van der Waals surface area contributed by atoms with Crippen LogP contribution in [0, 0.1) is 0 Å². The second-order valence-electron chi connectivity index (χ2n) is 3.49. The van der Waals surface area contributed by atoms with Gasteiger partial charge in [0.25, 0.3) is 5.91 Å². The highest BCUT2D eigenvalue weighted by atomic mass is 35.5. The van der Waals surface area contributed by atoms with Crippen molar-refractivity contribution in [1.29, 1.82) is 0 Å². The van der Waals surface area contributed by atoms with E-state index in [1.54, 1.807) is 25.1 Å². The van der Waals surface area contributed by atoms with Gasteiger partial charge in [0.05, 0.1) is 24.5 Å². The Morgan fingerprint density at radius 3 is 3.06 bits per heavy atom. The lowest BCUT2D eigenvalue weighted by atomic mass is 10.3. The van der Waals surface area contributed by atoms with Crippen LogP contribution in [0.15, 0.2) is 12.5 Å². The molecule has 5 nitrogen and oxygen atoms in total. The van der Waals surface area contributed by atoms with E-state index in [2.05, 4.69) is 10.3 Å². The van der Waals surface area contributed by atoms with Crippen molar-refractivity contribution in [2.24, 2.45) is 7.05 Å².